The lowest BCUT2D eigenvalue weighted by molar-refractivity contribution is -0.385. The first kappa shape index (κ1) is 14.1. The summed E-state index contributed by atoms with van der Waals surface area (Å²) >= 11 is 1.62. The van der Waals surface area contributed by atoms with Crippen LogP contribution < -0.4 is 4.74 Å². The van der Waals surface area contributed by atoms with Crippen LogP contribution in [0, 0.1) is 10.1 Å². The summed E-state index contributed by atoms with van der Waals surface area (Å²) in [5, 5.41) is 10.7. The standard InChI is InChI=1S/C14H11NO4S/c1-20-13-5-2-11(3-6-13)19-12-4-7-14(15(17)18)10(8-12)9-16/h2-9H,1H3. The van der Waals surface area contributed by atoms with Crippen molar-refractivity contribution in [1.82, 2.24) is 0 Å². The Hall–Kier alpha value is -2.34. The van der Waals surface area contributed by atoms with Crippen molar-refractivity contribution in [2.75, 3.05) is 6.26 Å². The van der Waals surface area contributed by atoms with Crippen LogP contribution in [0.2, 0.25) is 0 Å². The summed E-state index contributed by atoms with van der Waals surface area (Å²) in [5.74, 6) is 0.989. The lowest BCUT2D eigenvalue weighted by atomic mass is 10.2. The van der Waals surface area contributed by atoms with Gasteiger partial charge < -0.3 is 4.74 Å². The average molecular weight is 289 g/mol. The molecule has 0 aromatic heterocycles. The van der Waals surface area contributed by atoms with Crippen molar-refractivity contribution >= 4 is 23.7 Å². The third-order valence-electron chi connectivity index (χ3n) is 2.62. The fraction of sp³-hybridized carbons (Fsp3) is 0.0714. The fourth-order valence-corrected chi connectivity index (χ4v) is 2.04. The number of aldehydes is 1. The number of benzene rings is 2. The van der Waals surface area contributed by atoms with Crippen molar-refractivity contribution in [3.05, 3.63) is 58.1 Å². The third kappa shape index (κ3) is 3.16. The molecule has 0 unspecified atom stereocenters. The Kier molecular flexibility index (Phi) is 4.37. The molecule has 2 aromatic carbocycles. The van der Waals surface area contributed by atoms with E-state index in [2.05, 4.69) is 0 Å². The van der Waals surface area contributed by atoms with Crippen molar-refractivity contribution < 1.29 is 14.5 Å². The van der Waals surface area contributed by atoms with Crippen LogP contribution in [0.4, 0.5) is 5.69 Å². The van der Waals surface area contributed by atoms with E-state index in [0.29, 0.717) is 17.8 Å². The molecule has 2 aromatic rings. The zero-order valence-corrected chi connectivity index (χ0v) is 11.4. The molecule has 0 aliphatic rings. The number of nitro groups is 1. The highest BCUT2D eigenvalue weighted by atomic mass is 32.2. The Morgan fingerprint density at radius 2 is 1.80 bits per heavy atom. The van der Waals surface area contributed by atoms with Gasteiger partial charge in [0.2, 0.25) is 0 Å². The monoisotopic (exact) mass is 289 g/mol. The molecular weight excluding hydrogens is 278 g/mol. The molecule has 0 atom stereocenters. The average Bonchev–Trinajstić information content (AvgIpc) is 2.47. The molecule has 5 nitrogen and oxygen atoms in total. The first-order valence-electron chi connectivity index (χ1n) is 5.69. The van der Waals surface area contributed by atoms with E-state index in [9.17, 15) is 14.9 Å². The van der Waals surface area contributed by atoms with Gasteiger partial charge in [0.15, 0.2) is 6.29 Å². The number of thioether (sulfide) groups is 1. The SMILES string of the molecule is CSc1ccc(Oc2ccc([N+](=O)[O-])c(C=O)c2)cc1. The van der Waals surface area contributed by atoms with E-state index < -0.39 is 4.92 Å². The molecule has 0 aliphatic heterocycles. The molecule has 0 N–H and O–H groups in total. The maximum Gasteiger partial charge on any atom is 0.280 e. The molecule has 0 amide bonds. The highest BCUT2D eigenvalue weighted by Crippen LogP contribution is 2.28. The topological polar surface area (TPSA) is 69.4 Å². The molecule has 20 heavy (non-hydrogen) atoms. The summed E-state index contributed by atoms with van der Waals surface area (Å²) in [4.78, 5) is 22.1. The largest absolute Gasteiger partial charge is 0.457 e. The number of nitrogens with zero attached hydrogens (tertiary/aromatic N) is 1. The second kappa shape index (κ2) is 6.21. The summed E-state index contributed by atoms with van der Waals surface area (Å²) in [6, 6.07) is 11.5. The summed E-state index contributed by atoms with van der Waals surface area (Å²) in [6.45, 7) is 0. The molecule has 2 rings (SSSR count). The molecule has 0 saturated carbocycles. The second-order valence-electron chi connectivity index (χ2n) is 3.87. The van der Waals surface area contributed by atoms with E-state index in [4.69, 9.17) is 4.74 Å². The lowest BCUT2D eigenvalue weighted by Gasteiger charge is -2.07. The number of rotatable bonds is 5. The first-order chi connectivity index (χ1) is 9.63. The number of hydrogen-bond donors (Lipinski definition) is 0. The highest BCUT2D eigenvalue weighted by Gasteiger charge is 2.14. The predicted molar refractivity (Wildman–Crippen MR) is 76.8 cm³/mol. The number of hydrogen-bond acceptors (Lipinski definition) is 5. The van der Waals surface area contributed by atoms with E-state index in [1.54, 1.807) is 23.9 Å². The summed E-state index contributed by atoms with van der Waals surface area (Å²) in [6.07, 6.45) is 2.42. The van der Waals surface area contributed by atoms with Crippen LogP contribution in [0.25, 0.3) is 0 Å². The highest BCUT2D eigenvalue weighted by molar-refractivity contribution is 7.98. The maximum absolute atomic E-state index is 10.9. The van der Waals surface area contributed by atoms with Crippen LogP contribution in [-0.2, 0) is 0 Å². The second-order valence-corrected chi connectivity index (χ2v) is 4.75. The van der Waals surface area contributed by atoms with Gasteiger partial charge >= 0.3 is 0 Å². The van der Waals surface area contributed by atoms with Crippen LogP contribution in [0.1, 0.15) is 10.4 Å². The normalized spacial score (nSPS) is 10.1. The van der Waals surface area contributed by atoms with Crippen LogP contribution in [0.3, 0.4) is 0 Å². The Bertz CT molecular complexity index is 640. The van der Waals surface area contributed by atoms with Gasteiger partial charge in [0.25, 0.3) is 5.69 Å². The quantitative estimate of drug-likeness (QED) is 0.361. The molecule has 6 heteroatoms. The minimum absolute atomic E-state index is 0.00626. The van der Waals surface area contributed by atoms with Crippen LogP contribution in [0.15, 0.2) is 47.4 Å². The van der Waals surface area contributed by atoms with Crippen molar-refractivity contribution in [1.29, 1.82) is 0 Å². The first-order valence-corrected chi connectivity index (χ1v) is 6.92. The summed E-state index contributed by atoms with van der Waals surface area (Å²) < 4.78 is 5.56. The van der Waals surface area contributed by atoms with Gasteiger partial charge in [-0.3, -0.25) is 14.9 Å². The van der Waals surface area contributed by atoms with E-state index >= 15 is 0 Å². The van der Waals surface area contributed by atoms with Crippen LogP contribution in [-0.4, -0.2) is 17.5 Å². The molecule has 0 saturated heterocycles. The molecule has 0 fully saturated rings. The minimum Gasteiger partial charge on any atom is -0.457 e. The fourth-order valence-electron chi connectivity index (χ4n) is 1.64. The maximum atomic E-state index is 10.9. The van der Waals surface area contributed by atoms with E-state index in [0.717, 1.165) is 4.90 Å². The van der Waals surface area contributed by atoms with Gasteiger partial charge in [-0.15, -0.1) is 11.8 Å². The van der Waals surface area contributed by atoms with Crippen molar-refractivity contribution in [2.45, 2.75) is 4.90 Å². The molecule has 0 radical (unpaired) electrons. The van der Waals surface area contributed by atoms with Gasteiger partial charge in [-0.2, -0.15) is 0 Å². The number of ether oxygens (including phenoxy) is 1. The van der Waals surface area contributed by atoms with Gasteiger partial charge in [-0.05, 0) is 42.7 Å². The lowest BCUT2D eigenvalue weighted by Crippen LogP contribution is -1.95. The third-order valence-corrected chi connectivity index (χ3v) is 3.36. The molecular formula is C14H11NO4S. The number of carbonyl (C=O) groups is 1. The Morgan fingerprint density at radius 1 is 1.15 bits per heavy atom. The molecule has 102 valence electrons. The molecule has 0 bridgehead atoms. The zero-order chi connectivity index (χ0) is 14.5. The minimum atomic E-state index is -0.596. The number of nitro benzene ring substituents is 1. The van der Waals surface area contributed by atoms with Gasteiger partial charge in [0.05, 0.1) is 10.5 Å². The van der Waals surface area contributed by atoms with Crippen LogP contribution >= 0.6 is 11.8 Å². The van der Waals surface area contributed by atoms with E-state index in [-0.39, 0.29) is 11.3 Å². The Labute approximate surface area is 119 Å². The van der Waals surface area contributed by atoms with Crippen molar-refractivity contribution in [2.24, 2.45) is 0 Å². The van der Waals surface area contributed by atoms with E-state index in [1.807, 2.05) is 18.4 Å². The summed E-state index contributed by atoms with van der Waals surface area (Å²) in [7, 11) is 0. The van der Waals surface area contributed by atoms with Crippen LogP contribution in [0.5, 0.6) is 11.5 Å². The number of carbonyl (C=O) groups excluding carboxylic acids is 1. The van der Waals surface area contributed by atoms with Gasteiger partial charge in [-0.1, -0.05) is 0 Å². The predicted octanol–water partition coefficient (Wildman–Crippen LogP) is 3.92. The summed E-state index contributed by atoms with van der Waals surface area (Å²) in [5.41, 5.74) is -0.238. The zero-order valence-electron chi connectivity index (χ0n) is 10.6. The van der Waals surface area contributed by atoms with Gasteiger partial charge in [0, 0.05) is 11.0 Å². The van der Waals surface area contributed by atoms with Crippen molar-refractivity contribution in [3.63, 3.8) is 0 Å². The van der Waals surface area contributed by atoms with Gasteiger partial charge in [0.1, 0.15) is 11.5 Å². The Morgan fingerprint density at radius 3 is 2.35 bits per heavy atom. The molecule has 0 heterocycles. The van der Waals surface area contributed by atoms with E-state index in [1.165, 1.54) is 18.2 Å². The molecule has 0 spiro atoms. The van der Waals surface area contributed by atoms with Gasteiger partial charge in [-0.25, -0.2) is 0 Å². The molecule has 0 aliphatic carbocycles. The Balaban J connectivity index is 2.24. The smallest absolute Gasteiger partial charge is 0.280 e. The van der Waals surface area contributed by atoms with Crippen molar-refractivity contribution in [3.8, 4) is 11.5 Å².